The van der Waals surface area contributed by atoms with Crippen molar-refractivity contribution < 1.29 is 18.4 Å². The Morgan fingerprint density at radius 2 is 2.00 bits per heavy atom. The predicted molar refractivity (Wildman–Crippen MR) is 112 cm³/mol. The van der Waals surface area contributed by atoms with Crippen LogP contribution >= 0.6 is 0 Å². The number of carbonyl (C=O) groups is 1. The molecule has 5 nitrogen and oxygen atoms in total. The van der Waals surface area contributed by atoms with Crippen molar-refractivity contribution in [3.63, 3.8) is 0 Å². The first-order chi connectivity index (χ1) is 14.7. The van der Waals surface area contributed by atoms with Gasteiger partial charge in [0.2, 0.25) is 5.91 Å². The molecule has 1 aromatic heterocycles. The Balaban J connectivity index is 1.28. The van der Waals surface area contributed by atoms with Crippen LogP contribution in [0.2, 0.25) is 0 Å². The van der Waals surface area contributed by atoms with Crippen LogP contribution in [0.25, 0.3) is 0 Å². The number of benzene rings is 2. The third-order valence-electron chi connectivity index (χ3n) is 5.10. The summed E-state index contributed by atoms with van der Waals surface area (Å²) in [5.74, 6) is 0.266. The lowest BCUT2D eigenvalue weighted by molar-refractivity contribution is -0.122. The van der Waals surface area contributed by atoms with Gasteiger partial charge >= 0.3 is 0 Å². The molecule has 2 aromatic carbocycles. The number of nitrogens with zero attached hydrogens (tertiary/aromatic N) is 1. The second-order valence-corrected chi connectivity index (χ2v) is 7.38. The number of oxime groups is 1. The summed E-state index contributed by atoms with van der Waals surface area (Å²) >= 11 is 0. The second kappa shape index (κ2) is 9.39. The number of amides is 1. The van der Waals surface area contributed by atoms with Crippen molar-refractivity contribution in [2.24, 2.45) is 5.16 Å². The molecular formula is C24H23FN2O3. The van der Waals surface area contributed by atoms with Gasteiger partial charge in [-0.15, -0.1) is 0 Å². The predicted octanol–water partition coefficient (Wildman–Crippen LogP) is 4.44. The van der Waals surface area contributed by atoms with Crippen molar-refractivity contribution in [1.82, 2.24) is 5.32 Å². The van der Waals surface area contributed by atoms with Crippen molar-refractivity contribution in [3.8, 4) is 0 Å². The van der Waals surface area contributed by atoms with E-state index in [2.05, 4.69) is 10.5 Å². The van der Waals surface area contributed by atoms with E-state index in [1.165, 1.54) is 12.1 Å². The maximum absolute atomic E-state index is 13.3. The Bertz CT molecular complexity index is 1000. The van der Waals surface area contributed by atoms with Gasteiger partial charge in [0, 0.05) is 19.3 Å². The maximum atomic E-state index is 13.3. The Morgan fingerprint density at radius 1 is 1.13 bits per heavy atom. The van der Waals surface area contributed by atoms with Crippen LogP contribution < -0.4 is 5.32 Å². The van der Waals surface area contributed by atoms with E-state index in [1.807, 2.05) is 48.5 Å². The molecule has 0 bridgehead atoms. The number of furan rings is 1. The smallest absolute Gasteiger partial charge is 0.221 e. The van der Waals surface area contributed by atoms with Gasteiger partial charge in [0.15, 0.2) is 0 Å². The van der Waals surface area contributed by atoms with Gasteiger partial charge in [-0.2, -0.15) is 0 Å². The molecule has 1 aliphatic heterocycles. The van der Waals surface area contributed by atoms with Crippen LogP contribution in [-0.2, 0) is 16.1 Å². The Labute approximate surface area is 174 Å². The molecule has 0 saturated heterocycles. The van der Waals surface area contributed by atoms with E-state index in [0.29, 0.717) is 19.4 Å². The van der Waals surface area contributed by atoms with Crippen LogP contribution in [0.4, 0.5) is 4.39 Å². The molecule has 0 spiro atoms. The highest BCUT2D eigenvalue weighted by Gasteiger charge is 2.24. The number of halogens is 1. The van der Waals surface area contributed by atoms with Crippen LogP contribution in [0.15, 0.2) is 82.6 Å². The highest BCUT2D eigenvalue weighted by atomic mass is 19.1. The van der Waals surface area contributed by atoms with Crippen molar-refractivity contribution in [3.05, 3.63) is 95.7 Å². The zero-order valence-electron chi connectivity index (χ0n) is 16.5. The lowest BCUT2D eigenvalue weighted by Gasteiger charge is -2.16. The molecule has 3 aromatic rings. The molecule has 2 atom stereocenters. The molecule has 154 valence electrons. The zero-order valence-corrected chi connectivity index (χ0v) is 16.5. The second-order valence-electron chi connectivity index (χ2n) is 7.38. The van der Waals surface area contributed by atoms with Gasteiger partial charge in [-0.3, -0.25) is 4.79 Å². The summed E-state index contributed by atoms with van der Waals surface area (Å²) in [6.07, 6.45) is 2.83. The van der Waals surface area contributed by atoms with Gasteiger partial charge in [0.1, 0.15) is 17.7 Å². The lowest BCUT2D eigenvalue weighted by Crippen LogP contribution is -2.33. The summed E-state index contributed by atoms with van der Waals surface area (Å²) < 4.78 is 18.9. The summed E-state index contributed by atoms with van der Waals surface area (Å²) in [7, 11) is 0. The van der Waals surface area contributed by atoms with Gasteiger partial charge < -0.3 is 14.6 Å². The molecule has 6 heteroatoms. The Kier molecular flexibility index (Phi) is 6.23. The fourth-order valence-electron chi connectivity index (χ4n) is 3.63. The minimum absolute atomic E-state index is 0.0811. The van der Waals surface area contributed by atoms with E-state index in [9.17, 15) is 9.18 Å². The van der Waals surface area contributed by atoms with E-state index >= 15 is 0 Å². The molecule has 0 unspecified atom stereocenters. The van der Waals surface area contributed by atoms with E-state index in [0.717, 1.165) is 22.6 Å². The standard InChI is InChI=1S/C24H23FN2O3/c25-19-9-4-6-17(12-19)13-20-14-21(30-27-20)16-26-24(28)15-22(23-10-5-11-29-23)18-7-2-1-3-8-18/h1-12,21-22H,13-16H2,(H,26,28)/t21-,22-/m1/s1. The minimum Gasteiger partial charge on any atom is -0.469 e. The average molecular weight is 406 g/mol. The monoisotopic (exact) mass is 406 g/mol. The molecule has 4 rings (SSSR count). The quantitative estimate of drug-likeness (QED) is 0.601. The maximum Gasteiger partial charge on any atom is 0.221 e. The van der Waals surface area contributed by atoms with E-state index < -0.39 is 0 Å². The minimum atomic E-state index is -0.264. The van der Waals surface area contributed by atoms with Crippen LogP contribution in [0.1, 0.15) is 35.6 Å². The van der Waals surface area contributed by atoms with E-state index in [4.69, 9.17) is 9.25 Å². The SMILES string of the molecule is O=C(C[C@H](c1ccccc1)c1ccco1)NC[C@H]1CC(Cc2cccc(F)c2)=NO1. The number of rotatable bonds is 8. The fraction of sp³-hybridized carbons (Fsp3) is 0.250. The molecule has 0 aliphatic carbocycles. The van der Waals surface area contributed by atoms with Crippen molar-refractivity contribution in [2.75, 3.05) is 6.54 Å². The van der Waals surface area contributed by atoms with Gasteiger partial charge in [-0.25, -0.2) is 4.39 Å². The highest BCUT2D eigenvalue weighted by molar-refractivity contribution is 5.87. The average Bonchev–Trinajstić information content (AvgIpc) is 3.43. The van der Waals surface area contributed by atoms with Crippen molar-refractivity contribution in [1.29, 1.82) is 0 Å². The molecule has 0 fully saturated rings. The number of nitrogens with one attached hydrogen (secondary N) is 1. The third-order valence-corrected chi connectivity index (χ3v) is 5.10. The van der Waals surface area contributed by atoms with Crippen LogP contribution in [0.5, 0.6) is 0 Å². The first kappa shape index (κ1) is 19.9. The molecule has 30 heavy (non-hydrogen) atoms. The molecule has 0 radical (unpaired) electrons. The topological polar surface area (TPSA) is 63.8 Å². The van der Waals surface area contributed by atoms with Crippen molar-refractivity contribution >= 4 is 11.6 Å². The van der Waals surface area contributed by atoms with E-state index in [1.54, 1.807) is 12.3 Å². The van der Waals surface area contributed by atoms with Gasteiger partial charge in [-0.05, 0) is 35.4 Å². The normalized spacial score (nSPS) is 16.6. The van der Waals surface area contributed by atoms with Crippen LogP contribution in [0, 0.1) is 5.82 Å². The molecule has 0 saturated carbocycles. The summed E-state index contributed by atoms with van der Waals surface area (Å²) in [5, 5.41) is 7.04. The summed E-state index contributed by atoms with van der Waals surface area (Å²) in [6, 6.07) is 20.0. The Morgan fingerprint density at radius 3 is 2.77 bits per heavy atom. The fourth-order valence-corrected chi connectivity index (χ4v) is 3.63. The summed E-state index contributed by atoms with van der Waals surface area (Å²) in [4.78, 5) is 18.0. The van der Waals surface area contributed by atoms with Gasteiger partial charge in [0.25, 0.3) is 0 Å². The van der Waals surface area contributed by atoms with Crippen LogP contribution in [0.3, 0.4) is 0 Å². The van der Waals surface area contributed by atoms with E-state index in [-0.39, 0.29) is 30.2 Å². The summed E-state index contributed by atoms with van der Waals surface area (Å²) in [6.45, 7) is 0.370. The highest BCUT2D eigenvalue weighted by Crippen LogP contribution is 2.28. The first-order valence-corrected chi connectivity index (χ1v) is 9.98. The van der Waals surface area contributed by atoms with Crippen molar-refractivity contribution in [2.45, 2.75) is 31.3 Å². The summed E-state index contributed by atoms with van der Waals surface area (Å²) in [5.41, 5.74) is 2.73. The van der Waals surface area contributed by atoms with Gasteiger partial charge in [-0.1, -0.05) is 47.6 Å². The zero-order chi connectivity index (χ0) is 20.8. The number of carbonyl (C=O) groups excluding carboxylic acids is 1. The largest absolute Gasteiger partial charge is 0.469 e. The third kappa shape index (κ3) is 5.14. The molecule has 1 aliphatic rings. The molecule has 2 heterocycles. The number of hydrogen-bond donors (Lipinski definition) is 1. The Hall–Kier alpha value is -3.41. The van der Waals surface area contributed by atoms with Crippen LogP contribution in [-0.4, -0.2) is 24.3 Å². The molecular weight excluding hydrogens is 383 g/mol. The number of hydrogen-bond acceptors (Lipinski definition) is 4. The first-order valence-electron chi connectivity index (χ1n) is 9.98. The van der Waals surface area contributed by atoms with Gasteiger partial charge in [0.05, 0.1) is 24.4 Å². The molecule has 1 amide bonds. The molecule has 1 N–H and O–H groups in total. The lowest BCUT2D eigenvalue weighted by atomic mass is 9.93.